The highest BCUT2D eigenvalue weighted by Crippen LogP contribution is 2.20. The van der Waals surface area contributed by atoms with Crippen molar-refractivity contribution >= 4 is 5.57 Å². The fourth-order valence-electron chi connectivity index (χ4n) is 3.58. The first-order valence-electron chi connectivity index (χ1n) is 11.4. The number of aryl methyl sites for hydroxylation is 1. The van der Waals surface area contributed by atoms with Gasteiger partial charge in [-0.3, -0.25) is 0 Å². The highest BCUT2D eigenvalue weighted by molar-refractivity contribution is 5.67. The first-order chi connectivity index (χ1) is 16.3. The van der Waals surface area contributed by atoms with Crippen molar-refractivity contribution in [3.63, 3.8) is 0 Å². The average molecular weight is 435 g/mol. The number of benzene rings is 4. The summed E-state index contributed by atoms with van der Waals surface area (Å²) < 4.78 is 12.0. The number of hydrogen-bond acceptors (Lipinski definition) is 2. The lowest BCUT2D eigenvalue weighted by Gasteiger charge is -2.11. The van der Waals surface area contributed by atoms with Gasteiger partial charge in [0.15, 0.2) is 0 Å². The monoisotopic (exact) mass is 434 g/mol. The number of hydrogen-bond donors (Lipinski definition) is 0. The fraction of sp³-hybridized carbons (Fsp3) is 0.161. The summed E-state index contributed by atoms with van der Waals surface area (Å²) in [5.74, 6) is 0.886. The Hall–Kier alpha value is -3.62. The van der Waals surface area contributed by atoms with E-state index in [1.807, 2.05) is 48.5 Å². The van der Waals surface area contributed by atoms with Crippen molar-refractivity contribution < 1.29 is 9.47 Å². The third kappa shape index (κ3) is 7.20. The van der Waals surface area contributed by atoms with Crippen LogP contribution in [0.1, 0.15) is 27.8 Å². The molecule has 4 aromatic carbocycles. The zero-order valence-electron chi connectivity index (χ0n) is 19.1. The van der Waals surface area contributed by atoms with Crippen LogP contribution in [0.4, 0.5) is 0 Å². The van der Waals surface area contributed by atoms with Crippen molar-refractivity contribution in [3.05, 3.63) is 143 Å². The Morgan fingerprint density at radius 3 is 1.88 bits per heavy atom. The number of rotatable bonds is 10. The van der Waals surface area contributed by atoms with E-state index < -0.39 is 0 Å². The Morgan fingerprint density at radius 2 is 1.24 bits per heavy atom. The van der Waals surface area contributed by atoms with E-state index in [0.717, 1.165) is 12.2 Å². The van der Waals surface area contributed by atoms with Gasteiger partial charge >= 0.3 is 0 Å². The van der Waals surface area contributed by atoms with Gasteiger partial charge in [-0.25, -0.2) is 0 Å². The largest absolute Gasteiger partial charge is 0.489 e. The van der Waals surface area contributed by atoms with Gasteiger partial charge in [0.25, 0.3) is 0 Å². The van der Waals surface area contributed by atoms with Crippen LogP contribution >= 0.6 is 0 Å². The summed E-state index contributed by atoms with van der Waals surface area (Å²) in [7, 11) is 0. The van der Waals surface area contributed by atoms with Gasteiger partial charge in [0.1, 0.15) is 12.4 Å². The summed E-state index contributed by atoms with van der Waals surface area (Å²) in [4.78, 5) is 0. The molecule has 0 saturated heterocycles. The topological polar surface area (TPSA) is 18.5 Å². The van der Waals surface area contributed by atoms with Crippen LogP contribution < -0.4 is 4.74 Å². The van der Waals surface area contributed by atoms with Crippen molar-refractivity contribution in [1.29, 1.82) is 0 Å². The van der Waals surface area contributed by atoms with E-state index in [-0.39, 0.29) is 0 Å². The molecule has 0 aliphatic heterocycles. The Bertz CT molecular complexity index is 1130. The molecule has 0 radical (unpaired) electrons. The number of allylic oxidation sites excluding steroid dienone is 1. The molecule has 2 heteroatoms. The molecule has 0 atom stereocenters. The van der Waals surface area contributed by atoms with E-state index in [9.17, 15) is 0 Å². The van der Waals surface area contributed by atoms with E-state index in [0.29, 0.717) is 19.8 Å². The molecule has 0 bridgehead atoms. The van der Waals surface area contributed by atoms with Gasteiger partial charge in [-0.2, -0.15) is 0 Å². The predicted molar refractivity (Wildman–Crippen MR) is 136 cm³/mol. The minimum absolute atomic E-state index is 0.580. The third-order valence-electron chi connectivity index (χ3n) is 5.55. The molecule has 0 heterocycles. The molecule has 0 N–H and O–H groups in total. The van der Waals surface area contributed by atoms with Crippen LogP contribution in [-0.4, -0.2) is 6.61 Å². The molecule has 0 saturated carbocycles. The summed E-state index contributed by atoms with van der Waals surface area (Å²) in [5, 5.41) is 0. The van der Waals surface area contributed by atoms with Gasteiger partial charge in [0.2, 0.25) is 0 Å². The smallest absolute Gasteiger partial charge is 0.119 e. The molecule has 0 aromatic heterocycles. The lowest BCUT2D eigenvalue weighted by molar-refractivity contribution is 0.153. The lowest BCUT2D eigenvalue weighted by Crippen LogP contribution is -2.00. The van der Waals surface area contributed by atoms with Crippen LogP contribution in [0.2, 0.25) is 0 Å². The molecule has 2 nitrogen and oxygen atoms in total. The molecular formula is C31H30O2. The minimum Gasteiger partial charge on any atom is -0.489 e. The summed E-state index contributed by atoms with van der Waals surface area (Å²) in [6.07, 6.45) is 3.12. The molecule has 0 amide bonds. The van der Waals surface area contributed by atoms with Gasteiger partial charge in [0.05, 0.1) is 13.2 Å². The molecule has 4 rings (SSSR count). The maximum Gasteiger partial charge on any atom is 0.119 e. The lowest BCUT2D eigenvalue weighted by atomic mass is 10.0. The van der Waals surface area contributed by atoms with Crippen LogP contribution in [0.5, 0.6) is 5.75 Å². The van der Waals surface area contributed by atoms with Gasteiger partial charge in [-0.15, -0.1) is 0 Å². The molecular weight excluding hydrogens is 404 g/mol. The zero-order valence-corrected chi connectivity index (χ0v) is 19.1. The van der Waals surface area contributed by atoms with Crippen LogP contribution in [0.25, 0.3) is 5.57 Å². The second-order valence-corrected chi connectivity index (χ2v) is 8.20. The van der Waals surface area contributed by atoms with Crippen molar-refractivity contribution in [3.8, 4) is 5.75 Å². The van der Waals surface area contributed by atoms with Gasteiger partial charge < -0.3 is 9.47 Å². The van der Waals surface area contributed by atoms with E-state index in [2.05, 4.69) is 73.7 Å². The van der Waals surface area contributed by atoms with Crippen molar-refractivity contribution in [2.45, 2.75) is 26.6 Å². The summed E-state index contributed by atoms with van der Waals surface area (Å²) in [6, 6.07) is 37.5. The average Bonchev–Trinajstić information content (AvgIpc) is 2.87. The second kappa shape index (κ2) is 11.8. The van der Waals surface area contributed by atoms with Crippen LogP contribution in [0.3, 0.4) is 0 Å². The standard InChI is InChI=1S/C31H30O2/c1-25-12-17-29(18-13-25)30(24-32-22-27-8-4-2-5-9-27)19-14-26-15-20-31(21-16-26)33-23-28-10-6-3-7-11-28/h2-13,15-21H,14,22-24H2,1H3/b30-19-. The van der Waals surface area contributed by atoms with E-state index in [1.165, 1.54) is 33.4 Å². The predicted octanol–water partition coefficient (Wildman–Crippen LogP) is 7.42. The Morgan fingerprint density at radius 1 is 0.636 bits per heavy atom. The quantitative estimate of drug-likeness (QED) is 0.259. The van der Waals surface area contributed by atoms with E-state index >= 15 is 0 Å². The summed E-state index contributed by atoms with van der Waals surface area (Å²) in [5.41, 5.74) is 7.27. The maximum atomic E-state index is 6.06. The molecule has 0 aliphatic rings. The van der Waals surface area contributed by atoms with Crippen LogP contribution in [-0.2, 0) is 24.4 Å². The molecule has 166 valence electrons. The Labute approximate surface area is 197 Å². The van der Waals surface area contributed by atoms with Gasteiger partial charge in [-0.1, -0.05) is 109 Å². The van der Waals surface area contributed by atoms with E-state index in [4.69, 9.17) is 9.47 Å². The number of ether oxygens (including phenoxy) is 2. The minimum atomic E-state index is 0.580. The maximum absolute atomic E-state index is 6.06. The molecule has 4 aromatic rings. The van der Waals surface area contributed by atoms with E-state index in [1.54, 1.807) is 0 Å². The molecule has 0 fully saturated rings. The van der Waals surface area contributed by atoms with Crippen LogP contribution in [0.15, 0.2) is 115 Å². The zero-order chi connectivity index (χ0) is 22.7. The molecule has 33 heavy (non-hydrogen) atoms. The second-order valence-electron chi connectivity index (χ2n) is 8.20. The first kappa shape index (κ1) is 22.6. The summed E-state index contributed by atoms with van der Waals surface area (Å²) >= 11 is 0. The normalized spacial score (nSPS) is 11.4. The van der Waals surface area contributed by atoms with Crippen LogP contribution in [0, 0.1) is 6.92 Å². The van der Waals surface area contributed by atoms with Crippen molar-refractivity contribution in [2.24, 2.45) is 0 Å². The van der Waals surface area contributed by atoms with Crippen molar-refractivity contribution in [2.75, 3.05) is 6.61 Å². The molecule has 0 unspecified atom stereocenters. The molecule has 0 aliphatic carbocycles. The SMILES string of the molecule is Cc1ccc(/C(=C\Cc2ccc(OCc3ccccc3)cc2)COCc2ccccc2)cc1. The Kier molecular flexibility index (Phi) is 8.10. The highest BCUT2D eigenvalue weighted by atomic mass is 16.5. The molecule has 0 spiro atoms. The fourth-order valence-corrected chi connectivity index (χ4v) is 3.58. The van der Waals surface area contributed by atoms with Gasteiger partial charge in [0, 0.05) is 0 Å². The highest BCUT2D eigenvalue weighted by Gasteiger charge is 2.04. The Balaban J connectivity index is 1.39. The van der Waals surface area contributed by atoms with Crippen molar-refractivity contribution in [1.82, 2.24) is 0 Å². The van der Waals surface area contributed by atoms with Gasteiger partial charge in [-0.05, 0) is 53.3 Å². The summed E-state index contributed by atoms with van der Waals surface area (Å²) in [6.45, 7) is 3.88. The third-order valence-corrected chi connectivity index (χ3v) is 5.55. The first-order valence-corrected chi connectivity index (χ1v) is 11.4.